The topological polar surface area (TPSA) is 96.0 Å². The Morgan fingerprint density at radius 2 is 1.73 bits per heavy atom. The fourth-order valence-electron chi connectivity index (χ4n) is 3.43. The zero-order valence-electron chi connectivity index (χ0n) is 20.0. The molecule has 0 aliphatic heterocycles. The van der Waals surface area contributed by atoms with Crippen LogP contribution in [0, 0.1) is 6.92 Å². The second-order valence-electron chi connectivity index (χ2n) is 8.29. The molecule has 0 saturated heterocycles. The molecule has 2 amide bonds. The van der Waals surface area contributed by atoms with Crippen LogP contribution in [-0.2, 0) is 26.2 Å². The van der Waals surface area contributed by atoms with E-state index in [1.807, 2.05) is 45.0 Å². The Morgan fingerprint density at radius 1 is 1.06 bits per heavy atom. The van der Waals surface area contributed by atoms with E-state index in [0.717, 1.165) is 21.7 Å². The van der Waals surface area contributed by atoms with Crippen LogP contribution in [0.4, 0.5) is 5.69 Å². The molecule has 1 N–H and O–H groups in total. The number of hydrogen-bond donors (Lipinski definition) is 1. The van der Waals surface area contributed by atoms with Crippen LogP contribution in [-0.4, -0.2) is 57.1 Å². The number of sulfonamides is 1. The van der Waals surface area contributed by atoms with Crippen molar-refractivity contribution in [2.24, 2.45) is 0 Å². The molecule has 8 nitrogen and oxygen atoms in total. The van der Waals surface area contributed by atoms with Crippen molar-refractivity contribution in [3.8, 4) is 5.75 Å². The van der Waals surface area contributed by atoms with E-state index < -0.39 is 28.5 Å². The average Bonchev–Trinajstić information content (AvgIpc) is 2.74. The van der Waals surface area contributed by atoms with Crippen molar-refractivity contribution in [1.29, 1.82) is 0 Å². The number of rotatable bonds is 10. The van der Waals surface area contributed by atoms with E-state index in [2.05, 4.69) is 5.32 Å². The molecule has 0 bridgehead atoms. The first kappa shape index (κ1) is 26.2. The molecule has 0 aliphatic carbocycles. The van der Waals surface area contributed by atoms with Crippen molar-refractivity contribution in [2.75, 3.05) is 24.2 Å². The van der Waals surface area contributed by atoms with Gasteiger partial charge in [0.15, 0.2) is 0 Å². The molecule has 0 spiro atoms. The summed E-state index contributed by atoms with van der Waals surface area (Å²) in [7, 11) is -2.38. The Morgan fingerprint density at radius 3 is 2.30 bits per heavy atom. The number of aryl methyl sites for hydroxylation is 1. The zero-order valence-corrected chi connectivity index (χ0v) is 20.8. The van der Waals surface area contributed by atoms with Gasteiger partial charge in [0.25, 0.3) is 0 Å². The summed E-state index contributed by atoms with van der Waals surface area (Å²) in [4.78, 5) is 27.6. The maximum atomic E-state index is 13.5. The van der Waals surface area contributed by atoms with Gasteiger partial charge in [-0.1, -0.05) is 42.0 Å². The molecule has 0 aliphatic rings. The second-order valence-corrected chi connectivity index (χ2v) is 10.2. The van der Waals surface area contributed by atoms with Gasteiger partial charge in [-0.05, 0) is 45.4 Å². The smallest absolute Gasteiger partial charge is 0.244 e. The van der Waals surface area contributed by atoms with Crippen molar-refractivity contribution in [2.45, 2.75) is 46.3 Å². The Labute approximate surface area is 196 Å². The predicted octanol–water partition coefficient (Wildman–Crippen LogP) is 2.71. The number of amides is 2. The first-order chi connectivity index (χ1) is 15.4. The number of nitrogens with zero attached hydrogens (tertiary/aromatic N) is 2. The average molecular weight is 476 g/mol. The molecule has 0 saturated carbocycles. The fraction of sp³-hybridized carbons (Fsp3) is 0.417. The van der Waals surface area contributed by atoms with Gasteiger partial charge in [-0.15, -0.1) is 0 Å². The second kappa shape index (κ2) is 11.2. The third kappa shape index (κ3) is 7.21. The minimum atomic E-state index is -3.82. The van der Waals surface area contributed by atoms with E-state index in [4.69, 9.17) is 4.74 Å². The van der Waals surface area contributed by atoms with E-state index in [1.54, 1.807) is 31.2 Å². The van der Waals surface area contributed by atoms with Gasteiger partial charge in [0.2, 0.25) is 21.8 Å². The number of para-hydroxylation sites is 2. The van der Waals surface area contributed by atoms with Crippen LogP contribution in [0.3, 0.4) is 0 Å². The highest BCUT2D eigenvalue weighted by atomic mass is 32.2. The van der Waals surface area contributed by atoms with Gasteiger partial charge in [-0.3, -0.25) is 13.9 Å². The molecule has 0 fully saturated rings. The molecule has 2 aromatic rings. The van der Waals surface area contributed by atoms with Crippen molar-refractivity contribution in [1.82, 2.24) is 10.2 Å². The molecule has 2 aromatic carbocycles. The van der Waals surface area contributed by atoms with Gasteiger partial charge < -0.3 is 15.0 Å². The molecule has 2 rings (SSSR count). The van der Waals surface area contributed by atoms with Crippen LogP contribution in [0.25, 0.3) is 0 Å². The van der Waals surface area contributed by atoms with Crippen LogP contribution in [0.15, 0.2) is 48.5 Å². The number of carbonyl (C=O) groups is 2. The molecular formula is C24H33N3O5S. The molecule has 9 heteroatoms. The summed E-state index contributed by atoms with van der Waals surface area (Å²) in [6.07, 6.45) is 1.03. The van der Waals surface area contributed by atoms with E-state index in [1.165, 1.54) is 12.0 Å². The number of anilines is 1. The molecule has 0 radical (unpaired) electrons. The van der Waals surface area contributed by atoms with Gasteiger partial charge in [0, 0.05) is 12.6 Å². The van der Waals surface area contributed by atoms with E-state index in [-0.39, 0.29) is 24.2 Å². The maximum absolute atomic E-state index is 13.5. The highest BCUT2D eigenvalue weighted by molar-refractivity contribution is 7.92. The van der Waals surface area contributed by atoms with Crippen LogP contribution < -0.4 is 14.4 Å². The number of nitrogens with one attached hydrogen (secondary N) is 1. The zero-order chi connectivity index (χ0) is 24.8. The van der Waals surface area contributed by atoms with Gasteiger partial charge in [0.1, 0.15) is 18.3 Å². The van der Waals surface area contributed by atoms with Gasteiger partial charge in [0.05, 0.1) is 19.1 Å². The Hall–Kier alpha value is -3.07. The lowest BCUT2D eigenvalue weighted by Crippen LogP contribution is -2.52. The van der Waals surface area contributed by atoms with Crippen molar-refractivity contribution in [3.63, 3.8) is 0 Å². The fourth-order valence-corrected chi connectivity index (χ4v) is 4.28. The predicted molar refractivity (Wildman–Crippen MR) is 130 cm³/mol. The first-order valence-corrected chi connectivity index (χ1v) is 12.5. The first-order valence-electron chi connectivity index (χ1n) is 10.7. The monoisotopic (exact) mass is 475 g/mol. The standard InChI is InChI=1S/C24H33N3O5S/c1-17(2)25-24(29)19(4)26(15-20-11-9-10-18(3)14-20)23(28)16-27(33(6,30)31)21-12-7-8-13-22(21)32-5/h7-14,17,19H,15-16H2,1-6H3,(H,25,29)/t19-/m0/s1. The van der Waals surface area contributed by atoms with Gasteiger partial charge >= 0.3 is 0 Å². The summed E-state index contributed by atoms with van der Waals surface area (Å²) in [5.74, 6) is -0.486. The van der Waals surface area contributed by atoms with Crippen molar-refractivity contribution >= 4 is 27.5 Å². The van der Waals surface area contributed by atoms with Crippen LogP contribution in [0.5, 0.6) is 5.75 Å². The molecular weight excluding hydrogens is 442 g/mol. The number of methoxy groups -OCH3 is 1. The molecule has 1 atom stereocenters. The van der Waals surface area contributed by atoms with E-state index >= 15 is 0 Å². The van der Waals surface area contributed by atoms with Crippen LogP contribution in [0.2, 0.25) is 0 Å². The molecule has 33 heavy (non-hydrogen) atoms. The Kier molecular flexibility index (Phi) is 8.87. The lowest BCUT2D eigenvalue weighted by atomic mass is 10.1. The largest absolute Gasteiger partial charge is 0.495 e. The molecule has 0 heterocycles. The van der Waals surface area contributed by atoms with E-state index in [9.17, 15) is 18.0 Å². The summed E-state index contributed by atoms with van der Waals surface area (Å²) in [5.41, 5.74) is 2.12. The minimum Gasteiger partial charge on any atom is -0.495 e. The quantitative estimate of drug-likeness (QED) is 0.570. The minimum absolute atomic E-state index is 0.100. The van der Waals surface area contributed by atoms with Gasteiger partial charge in [-0.2, -0.15) is 0 Å². The van der Waals surface area contributed by atoms with Crippen LogP contribution in [0.1, 0.15) is 31.9 Å². The number of ether oxygens (including phenoxy) is 1. The summed E-state index contributed by atoms with van der Waals surface area (Å²) in [6, 6.07) is 13.3. The third-order valence-corrected chi connectivity index (χ3v) is 6.19. The lowest BCUT2D eigenvalue weighted by molar-refractivity contribution is -0.139. The summed E-state index contributed by atoms with van der Waals surface area (Å²) >= 11 is 0. The Bertz CT molecular complexity index is 1090. The summed E-state index contributed by atoms with van der Waals surface area (Å²) < 4.78 is 31.6. The number of hydrogen-bond acceptors (Lipinski definition) is 5. The highest BCUT2D eigenvalue weighted by Gasteiger charge is 2.31. The molecule has 0 aromatic heterocycles. The molecule has 180 valence electrons. The van der Waals surface area contributed by atoms with Crippen molar-refractivity contribution < 1.29 is 22.7 Å². The SMILES string of the molecule is COc1ccccc1N(CC(=O)N(Cc1cccc(C)c1)[C@@H](C)C(=O)NC(C)C)S(C)(=O)=O. The summed E-state index contributed by atoms with van der Waals surface area (Å²) in [6.45, 7) is 6.95. The van der Waals surface area contributed by atoms with E-state index in [0.29, 0.717) is 5.75 Å². The normalized spacial score (nSPS) is 12.2. The lowest BCUT2D eigenvalue weighted by Gasteiger charge is -2.32. The maximum Gasteiger partial charge on any atom is 0.244 e. The highest BCUT2D eigenvalue weighted by Crippen LogP contribution is 2.29. The van der Waals surface area contributed by atoms with Crippen molar-refractivity contribution in [3.05, 3.63) is 59.7 Å². The Balaban J connectivity index is 2.43. The number of benzene rings is 2. The van der Waals surface area contributed by atoms with Gasteiger partial charge in [-0.25, -0.2) is 8.42 Å². The number of carbonyl (C=O) groups excluding carboxylic acids is 2. The molecule has 0 unspecified atom stereocenters. The summed E-state index contributed by atoms with van der Waals surface area (Å²) in [5, 5.41) is 2.82. The van der Waals surface area contributed by atoms with Crippen LogP contribution >= 0.6 is 0 Å². The third-order valence-electron chi connectivity index (χ3n) is 5.07.